The summed E-state index contributed by atoms with van der Waals surface area (Å²) in [7, 11) is 1.59. The van der Waals surface area contributed by atoms with Gasteiger partial charge in [-0.05, 0) is 13.3 Å². The van der Waals surface area contributed by atoms with Crippen LogP contribution in [-0.4, -0.2) is 14.7 Å². The van der Waals surface area contributed by atoms with Crippen molar-refractivity contribution in [1.29, 1.82) is 0 Å². The number of hydrogen-bond acceptors (Lipinski definition) is 3. The van der Waals surface area contributed by atoms with E-state index < -0.39 is 0 Å². The molecule has 0 saturated heterocycles. The van der Waals surface area contributed by atoms with Gasteiger partial charge in [0.15, 0.2) is 0 Å². The Bertz CT molecular complexity index is 355. The Kier molecular flexibility index (Phi) is 2.17. The van der Waals surface area contributed by atoms with Crippen molar-refractivity contribution in [3.05, 3.63) is 21.9 Å². The average molecular weight is 168 g/mol. The highest BCUT2D eigenvalue weighted by molar-refractivity contribution is 5.23. The molecule has 0 atom stereocenters. The van der Waals surface area contributed by atoms with Crippen molar-refractivity contribution in [1.82, 2.24) is 9.55 Å². The van der Waals surface area contributed by atoms with Crippen LogP contribution in [0.4, 0.5) is 0 Å². The maximum absolute atomic E-state index is 11.2. The van der Waals surface area contributed by atoms with E-state index >= 15 is 0 Å². The van der Waals surface area contributed by atoms with Gasteiger partial charge in [-0.1, -0.05) is 6.92 Å². The lowest BCUT2D eigenvalue weighted by molar-refractivity contribution is 0.446. The Hall–Kier alpha value is -1.32. The summed E-state index contributed by atoms with van der Waals surface area (Å²) in [5.41, 5.74) is 0.0925. The number of aryl methyl sites for hydroxylation is 2. The summed E-state index contributed by atoms with van der Waals surface area (Å²) in [5.74, 6) is 0.389. The lowest BCUT2D eigenvalue weighted by Gasteiger charge is -2.05. The molecule has 1 rings (SSSR count). The monoisotopic (exact) mass is 168 g/mol. The first-order valence-electron chi connectivity index (χ1n) is 3.83. The molecule has 4 nitrogen and oxygen atoms in total. The Morgan fingerprint density at radius 3 is 2.67 bits per heavy atom. The predicted octanol–water partition coefficient (Wildman–Crippen LogP) is 0.357. The zero-order valence-corrected chi connectivity index (χ0v) is 7.46. The van der Waals surface area contributed by atoms with E-state index in [-0.39, 0.29) is 11.3 Å². The predicted molar refractivity (Wildman–Crippen MR) is 45.3 cm³/mol. The van der Waals surface area contributed by atoms with Crippen molar-refractivity contribution in [2.45, 2.75) is 20.3 Å². The molecular weight excluding hydrogens is 156 g/mol. The Morgan fingerprint density at radius 1 is 1.58 bits per heavy atom. The molecule has 0 bridgehead atoms. The molecular formula is C8H12N2O2. The smallest absolute Gasteiger partial charge is 0.295 e. The van der Waals surface area contributed by atoms with Gasteiger partial charge in [-0.3, -0.25) is 9.36 Å². The molecule has 4 heteroatoms. The van der Waals surface area contributed by atoms with Crippen LogP contribution < -0.4 is 5.56 Å². The van der Waals surface area contributed by atoms with E-state index in [1.54, 1.807) is 14.0 Å². The minimum atomic E-state index is -0.376. The summed E-state index contributed by atoms with van der Waals surface area (Å²) in [5, 5.41) is 9.31. The number of hydrogen-bond donors (Lipinski definition) is 1. The molecule has 0 aromatic carbocycles. The molecule has 12 heavy (non-hydrogen) atoms. The maximum atomic E-state index is 11.2. The lowest BCUT2D eigenvalue weighted by Crippen LogP contribution is -2.21. The highest BCUT2D eigenvalue weighted by Crippen LogP contribution is 2.08. The van der Waals surface area contributed by atoms with Crippen LogP contribution in [0.25, 0.3) is 0 Å². The topological polar surface area (TPSA) is 55.1 Å². The first kappa shape index (κ1) is 8.77. The van der Waals surface area contributed by atoms with Gasteiger partial charge in [0.2, 0.25) is 5.75 Å². The molecule has 0 amide bonds. The van der Waals surface area contributed by atoms with Crippen LogP contribution >= 0.6 is 0 Å². The zero-order chi connectivity index (χ0) is 9.30. The minimum Gasteiger partial charge on any atom is -0.502 e. The first-order valence-corrected chi connectivity index (χ1v) is 3.83. The van der Waals surface area contributed by atoms with Crippen molar-refractivity contribution in [3.63, 3.8) is 0 Å². The van der Waals surface area contributed by atoms with Gasteiger partial charge in [0.1, 0.15) is 5.82 Å². The largest absolute Gasteiger partial charge is 0.502 e. The van der Waals surface area contributed by atoms with Gasteiger partial charge >= 0.3 is 0 Å². The van der Waals surface area contributed by atoms with Crippen LogP contribution in [0.3, 0.4) is 0 Å². The molecule has 0 spiro atoms. The van der Waals surface area contributed by atoms with Gasteiger partial charge < -0.3 is 5.11 Å². The third-order valence-corrected chi connectivity index (χ3v) is 1.90. The lowest BCUT2D eigenvalue weighted by atomic mass is 10.3. The van der Waals surface area contributed by atoms with Gasteiger partial charge in [-0.2, -0.15) is 0 Å². The molecule has 1 aromatic rings. The second kappa shape index (κ2) is 2.97. The summed E-state index contributed by atoms with van der Waals surface area (Å²) in [6.45, 7) is 3.58. The molecule has 0 radical (unpaired) electrons. The Balaban J connectivity index is 3.50. The third-order valence-electron chi connectivity index (χ3n) is 1.90. The normalized spacial score (nSPS) is 10.2. The van der Waals surface area contributed by atoms with Gasteiger partial charge in [-0.15, -0.1) is 0 Å². The summed E-state index contributed by atoms with van der Waals surface area (Å²) >= 11 is 0. The molecule has 1 heterocycles. The number of nitrogens with zero attached hydrogens (tertiary/aromatic N) is 2. The molecule has 0 aliphatic heterocycles. The molecule has 0 saturated carbocycles. The fourth-order valence-corrected chi connectivity index (χ4v) is 0.999. The highest BCUT2D eigenvalue weighted by atomic mass is 16.3. The highest BCUT2D eigenvalue weighted by Gasteiger charge is 2.08. The summed E-state index contributed by atoms with van der Waals surface area (Å²) < 4.78 is 1.33. The molecule has 0 aliphatic rings. The van der Waals surface area contributed by atoms with Crippen LogP contribution in [0, 0.1) is 6.92 Å². The van der Waals surface area contributed by atoms with E-state index in [2.05, 4.69) is 4.98 Å². The molecule has 0 unspecified atom stereocenters. The SMILES string of the molecule is CCc1nc(C)n(C)c(=O)c1O. The van der Waals surface area contributed by atoms with Crippen LogP contribution in [0.15, 0.2) is 4.79 Å². The van der Waals surface area contributed by atoms with Crippen LogP contribution in [0.5, 0.6) is 5.75 Å². The van der Waals surface area contributed by atoms with Gasteiger partial charge in [0.05, 0.1) is 5.69 Å². The second-order valence-corrected chi connectivity index (χ2v) is 2.67. The van der Waals surface area contributed by atoms with E-state index in [0.29, 0.717) is 17.9 Å². The fraction of sp³-hybridized carbons (Fsp3) is 0.500. The van der Waals surface area contributed by atoms with Gasteiger partial charge in [-0.25, -0.2) is 4.98 Å². The molecule has 1 N–H and O–H groups in total. The third kappa shape index (κ3) is 1.20. The van der Waals surface area contributed by atoms with E-state index in [4.69, 9.17) is 0 Å². The maximum Gasteiger partial charge on any atom is 0.295 e. The van der Waals surface area contributed by atoms with E-state index in [0.717, 1.165) is 0 Å². The number of aromatic hydroxyl groups is 1. The van der Waals surface area contributed by atoms with Crippen molar-refractivity contribution in [2.24, 2.45) is 7.05 Å². The summed E-state index contributed by atoms with van der Waals surface area (Å²) in [6.07, 6.45) is 0.572. The Morgan fingerprint density at radius 2 is 2.17 bits per heavy atom. The first-order chi connectivity index (χ1) is 5.57. The van der Waals surface area contributed by atoms with E-state index in [1.165, 1.54) is 4.57 Å². The van der Waals surface area contributed by atoms with Crippen LogP contribution in [0.2, 0.25) is 0 Å². The van der Waals surface area contributed by atoms with Crippen molar-refractivity contribution >= 4 is 0 Å². The molecule has 0 aliphatic carbocycles. The second-order valence-electron chi connectivity index (χ2n) is 2.67. The van der Waals surface area contributed by atoms with Gasteiger partial charge in [0, 0.05) is 7.05 Å². The fourth-order valence-electron chi connectivity index (χ4n) is 0.999. The molecule has 66 valence electrons. The van der Waals surface area contributed by atoms with Crippen LogP contribution in [-0.2, 0) is 13.5 Å². The van der Waals surface area contributed by atoms with Crippen molar-refractivity contribution < 1.29 is 5.11 Å². The van der Waals surface area contributed by atoms with Crippen molar-refractivity contribution in [2.75, 3.05) is 0 Å². The standard InChI is InChI=1S/C8H12N2O2/c1-4-6-7(11)8(12)10(3)5(2)9-6/h11H,4H2,1-3H3. The molecule has 1 aromatic heterocycles. The van der Waals surface area contributed by atoms with Gasteiger partial charge in [0.25, 0.3) is 5.56 Å². The quantitative estimate of drug-likeness (QED) is 0.658. The summed E-state index contributed by atoms with van der Waals surface area (Å²) in [4.78, 5) is 15.3. The summed E-state index contributed by atoms with van der Waals surface area (Å²) in [6, 6.07) is 0. The van der Waals surface area contributed by atoms with E-state index in [9.17, 15) is 9.90 Å². The number of aromatic nitrogens is 2. The Labute approximate surface area is 70.5 Å². The van der Waals surface area contributed by atoms with E-state index in [1.807, 2.05) is 6.92 Å². The minimum absolute atomic E-state index is 0.231. The van der Waals surface area contributed by atoms with Crippen LogP contribution in [0.1, 0.15) is 18.4 Å². The average Bonchev–Trinajstić information content (AvgIpc) is 2.08. The number of rotatable bonds is 1. The zero-order valence-electron chi connectivity index (χ0n) is 7.46. The van der Waals surface area contributed by atoms with Crippen molar-refractivity contribution in [3.8, 4) is 5.75 Å². The molecule has 0 fully saturated rings.